The van der Waals surface area contributed by atoms with Crippen molar-refractivity contribution in [2.75, 3.05) is 0 Å². The lowest BCUT2D eigenvalue weighted by Crippen LogP contribution is -2.74. The number of esters is 1. The topological polar surface area (TPSA) is 72.5 Å². The first-order valence-corrected chi connectivity index (χ1v) is 31.9. The van der Waals surface area contributed by atoms with Gasteiger partial charge in [0.15, 0.2) is 14.6 Å². The van der Waals surface area contributed by atoms with E-state index in [-0.39, 0.29) is 15.1 Å². The van der Waals surface area contributed by atoms with Crippen LogP contribution in [-0.4, -0.2) is 77.8 Å². The van der Waals surface area contributed by atoms with Crippen LogP contribution in [0.3, 0.4) is 0 Å². The van der Waals surface area contributed by atoms with E-state index >= 15 is 0 Å². The van der Waals surface area contributed by atoms with Crippen molar-refractivity contribution in [1.82, 2.24) is 0 Å². The number of rotatable bonds is 16. The van der Waals surface area contributed by atoms with Gasteiger partial charge in [-0.3, -0.25) is 0 Å². The maximum absolute atomic E-state index is 13.8. The molecular formula is C57H73IO7Si3. The zero-order chi connectivity index (χ0) is 49.7. The predicted octanol–water partition coefficient (Wildman–Crippen LogP) is 11.1. The third-order valence-corrected chi connectivity index (χ3v) is 29.7. The number of ether oxygens (including phenoxy) is 3. The van der Waals surface area contributed by atoms with Crippen LogP contribution in [0.1, 0.15) is 86.5 Å². The van der Waals surface area contributed by atoms with E-state index in [0.29, 0.717) is 5.56 Å². The number of carbonyl (C=O) groups excluding carboxylic acids is 1. The van der Waals surface area contributed by atoms with Gasteiger partial charge in [-0.1, -0.05) is 230 Å². The van der Waals surface area contributed by atoms with E-state index < -0.39 is 77.8 Å². The highest BCUT2D eigenvalue weighted by Crippen LogP contribution is 2.45. The molecule has 6 rings (SSSR count). The third-order valence-electron chi connectivity index (χ3n) is 13.9. The molecule has 11 heteroatoms. The number of benzene rings is 5. The Balaban J connectivity index is 1.55. The van der Waals surface area contributed by atoms with Crippen molar-refractivity contribution >= 4 is 74.3 Å². The summed E-state index contributed by atoms with van der Waals surface area (Å²) in [6, 6.07) is 51.8. The maximum Gasteiger partial charge on any atom is 0.338 e. The van der Waals surface area contributed by atoms with Gasteiger partial charge in [0, 0.05) is 0 Å². The lowest BCUT2D eigenvalue weighted by Gasteiger charge is -2.54. The molecule has 1 unspecified atom stereocenters. The Labute approximate surface area is 424 Å². The summed E-state index contributed by atoms with van der Waals surface area (Å²) in [6.07, 6.45) is 1.20. The van der Waals surface area contributed by atoms with Crippen LogP contribution in [0.4, 0.5) is 0 Å². The average Bonchev–Trinajstić information content (AvgIpc) is 3.30. The molecule has 0 bridgehead atoms. The monoisotopic (exact) mass is 1080 g/mol. The lowest BCUT2D eigenvalue weighted by atomic mass is 10.0. The second kappa shape index (κ2) is 21.7. The number of carbonyl (C=O) groups is 1. The summed E-state index contributed by atoms with van der Waals surface area (Å²) in [5.74, 6) is 2.46. The number of halogens is 1. The highest BCUT2D eigenvalue weighted by atomic mass is 127. The van der Waals surface area contributed by atoms with Crippen molar-refractivity contribution in [3.05, 3.63) is 157 Å². The Bertz CT molecular complexity index is 2340. The van der Waals surface area contributed by atoms with E-state index in [1.165, 1.54) is 0 Å². The van der Waals surface area contributed by atoms with E-state index in [1.54, 1.807) is 12.1 Å². The predicted molar refractivity (Wildman–Crippen MR) is 294 cm³/mol. The van der Waals surface area contributed by atoms with E-state index in [9.17, 15) is 4.79 Å². The van der Waals surface area contributed by atoms with Crippen LogP contribution < -0.4 is 20.7 Å². The average molecular weight is 1080 g/mol. The Hall–Kier alpha value is -3.69. The zero-order valence-electron chi connectivity index (χ0n) is 42.4. The zero-order valence-corrected chi connectivity index (χ0v) is 47.5. The Kier molecular flexibility index (Phi) is 17.2. The Morgan fingerprint density at radius 1 is 0.618 bits per heavy atom. The van der Waals surface area contributed by atoms with Crippen LogP contribution in [0.25, 0.3) is 0 Å². The van der Waals surface area contributed by atoms with Gasteiger partial charge in [-0.25, -0.2) is 4.79 Å². The standard InChI is InChI=1S/C57H73IO7Si3/c1-15-48(63-66(13,14)55(4,5)6)50(41(2)60-53(59)43-31-21-16-22-32-43)62-54-49(58)52(65-68(57(10,11)12,46-37-27-19-28-38-46)47-39-29-20-30-40-47)51(42(3)61-54)64-67(56(7,8)9,44-33-23-17-24-34-44)45-35-25-18-26-36-45/h1,16-42,48-52,54H,2-14H3/t41-,42+,48?,49-,50-,51-,52-,54+/m1/s1. The number of hydrogen-bond donors (Lipinski definition) is 0. The molecule has 8 atom stereocenters. The van der Waals surface area contributed by atoms with Crippen LogP contribution in [0, 0.1) is 12.3 Å². The molecule has 0 amide bonds. The Morgan fingerprint density at radius 3 is 1.34 bits per heavy atom. The highest BCUT2D eigenvalue weighted by molar-refractivity contribution is 14.1. The first-order valence-electron chi connectivity index (χ1n) is 23.9. The van der Waals surface area contributed by atoms with Gasteiger partial charge in [-0.15, -0.1) is 6.42 Å². The van der Waals surface area contributed by atoms with Crippen LogP contribution in [0.5, 0.6) is 0 Å². The second-order valence-electron chi connectivity index (χ2n) is 21.7. The van der Waals surface area contributed by atoms with Crippen molar-refractivity contribution in [3.63, 3.8) is 0 Å². The molecule has 0 N–H and O–H groups in total. The summed E-state index contributed by atoms with van der Waals surface area (Å²) in [4.78, 5) is 13.8. The van der Waals surface area contributed by atoms with Crippen LogP contribution in [-0.2, 0) is 27.5 Å². The number of terminal acetylenes is 1. The smallest absolute Gasteiger partial charge is 0.338 e. The summed E-state index contributed by atoms with van der Waals surface area (Å²) < 4.78 is 43.7. The van der Waals surface area contributed by atoms with Gasteiger partial charge in [0.25, 0.3) is 16.6 Å². The van der Waals surface area contributed by atoms with Crippen LogP contribution >= 0.6 is 22.6 Å². The second-order valence-corrected chi connectivity index (χ2v) is 36.4. The van der Waals surface area contributed by atoms with Crippen molar-refractivity contribution in [3.8, 4) is 12.3 Å². The molecule has 1 aliphatic heterocycles. The normalized spacial score (nSPS) is 21.0. The summed E-state index contributed by atoms with van der Waals surface area (Å²) in [6.45, 7) is 28.5. The third kappa shape index (κ3) is 11.2. The minimum Gasteiger partial charge on any atom is -0.456 e. The quantitative estimate of drug-likeness (QED) is 0.0320. The highest BCUT2D eigenvalue weighted by Gasteiger charge is 2.60. The van der Waals surface area contributed by atoms with Gasteiger partial charge in [0.2, 0.25) is 0 Å². The molecule has 5 aromatic carbocycles. The van der Waals surface area contributed by atoms with Crippen LogP contribution in [0.15, 0.2) is 152 Å². The summed E-state index contributed by atoms with van der Waals surface area (Å²) in [5, 5.41) is 3.75. The van der Waals surface area contributed by atoms with Gasteiger partial charge >= 0.3 is 5.97 Å². The number of hydrogen-bond acceptors (Lipinski definition) is 7. The fourth-order valence-corrected chi connectivity index (χ4v) is 21.1. The molecule has 7 nitrogen and oxygen atoms in total. The van der Waals surface area contributed by atoms with Gasteiger partial charge in [-0.2, -0.15) is 0 Å². The Morgan fingerprint density at radius 2 is 0.985 bits per heavy atom. The van der Waals surface area contributed by atoms with Crippen molar-refractivity contribution in [1.29, 1.82) is 0 Å². The number of alkyl halides is 1. The van der Waals surface area contributed by atoms with Crippen molar-refractivity contribution < 1.29 is 32.3 Å². The molecule has 1 fully saturated rings. The molecule has 0 aromatic heterocycles. The maximum atomic E-state index is 13.8. The molecule has 1 heterocycles. The SMILES string of the molecule is C#CC(O[Si](C)(C)C(C)(C)C)[C@H](O[C@@H]1O[C@@H](C)[C@@H](O[Si](c2ccccc2)(c2ccccc2)C(C)(C)C)[C@H](O[Si](c2ccccc2)(c2ccccc2)C(C)(C)C)[C@H]1I)[C@@H](C)OC(=O)c1ccccc1. The van der Waals surface area contributed by atoms with E-state index in [4.69, 9.17) is 33.9 Å². The molecule has 5 aromatic rings. The molecule has 0 saturated carbocycles. The summed E-state index contributed by atoms with van der Waals surface area (Å²) >= 11 is 2.47. The van der Waals surface area contributed by atoms with E-state index in [1.807, 2.05) is 25.1 Å². The van der Waals surface area contributed by atoms with E-state index in [2.05, 4.69) is 232 Å². The van der Waals surface area contributed by atoms with Crippen molar-refractivity contribution in [2.45, 2.75) is 151 Å². The minimum atomic E-state index is -3.26. The molecule has 1 aliphatic rings. The first kappa shape index (κ1) is 53.7. The molecule has 362 valence electrons. The largest absolute Gasteiger partial charge is 0.456 e. The molecular weight excluding hydrogens is 1010 g/mol. The van der Waals surface area contributed by atoms with Crippen LogP contribution in [0.2, 0.25) is 28.2 Å². The fraction of sp³-hybridized carbons (Fsp3) is 0.421. The van der Waals surface area contributed by atoms with Gasteiger partial charge in [0.1, 0.15) is 18.3 Å². The van der Waals surface area contributed by atoms with Gasteiger partial charge < -0.3 is 27.5 Å². The summed E-state index contributed by atoms with van der Waals surface area (Å²) in [5.41, 5.74) is 0.428. The van der Waals surface area contributed by atoms with Crippen molar-refractivity contribution in [2.24, 2.45) is 0 Å². The minimum absolute atomic E-state index is 0.168. The molecule has 1 saturated heterocycles. The molecule has 0 radical (unpaired) electrons. The van der Waals surface area contributed by atoms with Gasteiger partial charge in [0.05, 0.1) is 27.8 Å². The lowest BCUT2D eigenvalue weighted by molar-refractivity contribution is -0.262. The fourth-order valence-electron chi connectivity index (χ4n) is 9.31. The van der Waals surface area contributed by atoms with E-state index in [0.717, 1.165) is 20.7 Å². The molecule has 0 spiro atoms. The summed E-state index contributed by atoms with van der Waals surface area (Å²) in [7, 11) is -8.97. The van der Waals surface area contributed by atoms with Gasteiger partial charge in [-0.05, 0) is 74.9 Å². The molecule has 0 aliphatic carbocycles. The molecule has 68 heavy (non-hydrogen) atoms. The first-order chi connectivity index (χ1) is 32.0.